The van der Waals surface area contributed by atoms with Gasteiger partial charge >= 0.3 is 0 Å². The second kappa shape index (κ2) is 10.0. The van der Waals surface area contributed by atoms with Crippen molar-refractivity contribution in [2.24, 2.45) is 11.8 Å². The van der Waals surface area contributed by atoms with Gasteiger partial charge in [-0.1, -0.05) is 26.7 Å². The summed E-state index contributed by atoms with van der Waals surface area (Å²) in [7, 11) is 0. The van der Waals surface area contributed by atoms with Crippen LogP contribution in [0.3, 0.4) is 0 Å². The number of hydrogen-bond acceptors (Lipinski definition) is 5. The Kier molecular flexibility index (Phi) is 8.06. The fourth-order valence-electron chi connectivity index (χ4n) is 3.59. The lowest BCUT2D eigenvalue weighted by atomic mass is 9.87. The quantitative estimate of drug-likeness (QED) is 0.356. The van der Waals surface area contributed by atoms with Gasteiger partial charge in [-0.15, -0.1) is 0 Å². The maximum Gasteiger partial charge on any atom is 0.253 e. The molecule has 2 aliphatic heterocycles. The van der Waals surface area contributed by atoms with Crippen molar-refractivity contribution in [1.29, 1.82) is 0 Å². The molecule has 2 heterocycles. The highest BCUT2D eigenvalue weighted by molar-refractivity contribution is 6.12. The van der Waals surface area contributed by atoms with Crippen molar-refractivity contribution in [1.82, 2.24) is 15.1 Å². The molecule has 6 heteroatoms. The molecular formula is C19H33N3O3. The van der Waals surface area contributed by atoms with Gasteiger partial charge in [-0.25, -0.2) is 0 Å². The van der Waals surface area contributed by atoms with Crippen molar-refractivity contribution in [2.45, 2.75) is 58.7 Å². The summed E-state index contributed by atoms with van der Waals surface area (Å²) >= 11 is 0. The standard InChI is InChI=1S/C19H33N3O3/c1-15(2)16-9-13-21(14-10-16)19(25)20-11-5-3-4-6-12-22-17(23)7-8-18(22)24/h7-8,15-16,19-20,25H,3-6,9-14H2,1-2H3. The molecule has 2 amide bonds. The van der Waals surface area contributed by atoms with Gasteiger partial charge in [0.25, 0.3) is 11.8 Å². The first kappa shape index (κ1) is 20.1. The Morgan fingerprint density at radius 2 is 1.68 bits per heavy atom. The Morgan fingerprint density at radius 3 is 2.28 bits per heavy atom. The highest BCUT2D eigenvalue weighted by Gasteiger charge is 2.25. The van der Waals surface area contributed by atoms with Crippen molar-refractivity contribution in [2.75, 3.05) is 26.2 Å². The average molecular weight is 351 g/mol. The van der Waals surface area contributed by atoms with Crippen LogP contribution >= 0.6 is 0 Å². The molecule has 0 radical (unpaired) electrons. The van der Waals surface area contributed by atoms with Crippen LogP contribution in [0.4, 0.5) is 0 Å². The molecule has 0 bridgehead atoms. The highest BCUT2D eigenvalue weighted by atomic mass is 16.3. The van der Waals surface area contributed by atoms with Gasteiger partial charge in [0, 0.05) is 31.8 Å². The molecule has 142 valence electrons. The van der Waals surface area contributed by atoms with Crippen LogP contribution in [0.2, 0.25) is 0 Å². The molecular weight excluding hydrogens is 318 g/mol. The van der Waals surface area contributed by atoms with Crippen molar-refractivity contribution in [3.05, 3.63) is 12.2 Å². The molecule has 2 aliphatic rings. The minimum Gasteiger partial charge on any atom is -0.365 e. The fourth-order valence-corrected chi connectivity index (χ4v) is 3.59. The zero-order valence-electron chi connectivity index (χ0n) is 15.6. The zero-order valence-corrected chi connectivity index (χ0v) is 15.6. The maximum atomic E-state index is 11.4. The summed E-state index contributed by atoms with van der Waals surface area (Å²) in [6, 6.07) is 0. The maximum absolute atomic E-state index is 11.4. The van der Waals surface area contributed by atoms with Gasteiger partial charge in [0.05, 0.1) is 0 Å². The van der Waals surface area contributed by atoms with Crippen LogP contribution in [0.5, 0.6) is 0 Å². The Hall–Kier alpha value is -1.24. The van der Waals surface area contributed by atoms with E-state index in [2.05, 4.69) is 24.1 Å². The summed E-state index contributed by atoms with van der Waals surface area (Å²) in [6.45, 7) is 7.77. The van der Waals surface area contributed by atoms with Crippen LogP contribution in [0, 0.1) is 11.8 Å². The lowest BCUT2D eigenvalue weighted by molar-refractivity contribution is -0.136. The summed E-state index contributed by atoms with van der Waals surface area (Å²) in [5.41, 5.74) is 0. The number of unbranched alkanes of at least 4 members (excludes halogenated alkanes) is 3. The molecule has 6 nitrogen and oxygen atoms in total. The van der Waals surface area contributed by atoms with E-state index in [0.29, 0.717) is 6.54 Å². The molecule has 1 saturated heterocycles. The zero-order chi connectivity index (χ0) is 18.2. The number of rotatable bonds is 10. The fraction of sp³-hybridized carbons (Fsp3) is 0.789. The molecule has 2 rings (SSSR count). The number of likely N-dealkylation sites (tertiary alicyclic amines) is 1. The normalized spacial score (nSPS) is 20.9. The first-order valence-electron chi connectivity index (χ1n) is 9.68. The molecule has 0 aromatic rings. The Morgan fingerprint density at radius 1 is 1.08 bits per heavy atom. The van der Waals surface area contributed by atoms with Crippen molar-refractivity contribution >= 4 is 11.8 Å². The summed E-state index contributed by atoms with van der Waals surface area (Å²) < 4.78 is 0. The lowest BCUT2D eigenvalue weighted by Gasteiger charge is -2.36. The van der Waals surface area contributed by atoms with Gasteiger partial charge in [0.1, 0.15) is 0 Å². The number of nitrogens with zero attached hydrogens (tertiary/aromatic N) is 2. The number of aliphatic hydroxyl groups excluding tert-OH is 1. The minimum absolute atomic E-state index is 0.198. The topological polar surface area (TPSA) is 72.9 Å². The van der Waals surface area contributed by atoms with Crippen molar-refractivity contribution in [3.63, 3.8) is 0 Å². The van der Waals surface area contributed by atoms with Gasteiger partial charge in [0.2, 0.25) is 0 Å². The monoisotopic (exact) mass is 351 g/mol. The highest BCUT2D eigenvalue weighted by Crippen LogP contribution is 2.24. The van der Waals surface area contributed by atoms with E-state index in [9.17, 15) is 14.7 Å². The SMILES string of the molecule is CC(C)C1CCN(C(O)NCCCCCCN2C(=O)C=CC2=O)CC1. The third kappa shape index (κ3) is 6.20. The van der Waals surface area contributed by atoms with Crippen LogP contribution in [0.15, 0.2) is 12.2 Å². The molecule has 1 fully saturated rings. The summed E-state index contributed by atoms with van der Waals surface area (Å²) in [6.07, 6.45) is 8.28. The van der Waals surface area contributed by atoms with Gasteiger partial charge < -0.3 is 5.11 Å². The predicted octanol–water partition coefficient (Wildman–Crippen LogP) is 1.71. The van der Waals surface area contributed by atoms with E-state index in [4.69, 9.17) is 0 Å². The van der Waals surface area contributed by atoms with E-state index in [-0.39, 0.29) is 11.8 Å². The molecule has 0 saturated carbocycles. The van der Waals surface area contributed by atoms with Crippen molar-refractivity contribution < 1.29 is 14.7 Å². The summed E-state index contributed by atoms with van der Waals surface area (Å²) in [5.74, 6) is 1.12. The van der Waals surface area contributed by atoms with E-state index in [1.54, 1.807) is 0 Å². The number of piperidine rings is 1. The number of aliphatic hydroxyl groups is 1. The molecule has 0 spiro atoms. The number of nitrogens with one attached hydrogen (secondary N) is 1. The van der Waals surface area contributed by atoms with Crippen LogP contribution in [0.1, 0.15) is 52.4 Å². The van der Waals surface area contributed by atoms with Gasteiger partial charge in [0.15, 0.2) is 6.35 Å². The number of hydrogen-bond donors (Lipinski definition) is 2. The number of carbonyl (C=O) groups excluding carboxylic acids is 2. The molecule has 0 aromatic heterocycles. The Bertz CT molecular complexity index is 453. The van der Waals surface area contributed by atoms with E-state index in [1.807, 2.05) is 0 Å². The van der Waals surface area contributed by atoms with Crippen LogP contribution < -0.4 is 5.32 Å². The predicted molar refractivity (Wildman–Crippen MR) is 97.5 cm³/mol. The minimum atomic E-state index is -0.543. The molecule has 25 heavy (non-hydrogen) atoms. The molecule has 0 aromatic carbocycles. The average Bonchev–Trinajstić information content (AvgIpc) is 2.92. The molecule has 1 unspecified atom stereocenters. The molecule has 2 N–H and O–H groups in total. The van der Waals surface area contributed by atoms with E-state index >= 15 is 0 Å². The number of imide groups is 1. The van der Waals surface area contributed by atoms with Crippen LogP contribution in [-0.4, -0.2) is 59.3 Å². The third-order valence-electron chi connectivity index (χ3n) is 5.40. The van der Waals surface area contributed by atoms with Gasteiger partial charge in [-0.2, -0.15) is 0 Å². The van der Waals surface area contributed by atoms with Crippen LogP contribution in [0.25, 0.3) is 0 Å². The number of amides is 2. The largest absolute Gasteiger partial charge is 0.365 e. The van der Waals surface area contributed by atoms with Gasteiger partial charge in [-0.05, 0) is 44.1 Å². The second-order valence-electron chi connectivity index (χ2n) is 7.52. The smallest absolute Gasteiger partial charge is 0.253 e. The van der Waals surface area contributed by atoms with E-state index in [1.165, 1.54) is 29.9 Å². The Balaban J connectivity index is 1.48. The summed E-state index contributed by atoms with van der Waals surface area (Å²) in [5, 5.41) is 13.4. The first-order valence-corrected chi connectivity index (χ1v) is 9.68. The summed E-state index contributed by atoms with van der Waals surface area (Å²) in [4.78, 5) is 26.2. The molecule has 1 atom stereocenters. The van der Waals surface area contributed by atoms with Crippen molar-refractivity contribution in [3.8, 4) is 0 Å². The molecule has 0 aliphatic carbocycles. The van der Waals surface area contributed by atoms with E-state index in [0.717, 1.165) is 57.2 Å². The third-order valence-corrected chi connectivity index (χ3v) is 5.40. The van der Waals surface area contributed by atoms with E-state index < -0.39 is 6.35 Å². The Labute approximate surface area is 151 Å². The number of carbonyl (C=O) groups is 2. The van der Waals surface area contributed by atoms with Crippen LogP contribution in [-0.2, 0) is 9.59 Å². The second-order valence-corrected chi connectivity index (χ2v) is 7.52. The van der Waals surface area contributed by atoms with Gasteiger partial charge in [-0.3, -0.25) is 24.7 Å². The lowest BCUT2D eigenvalue weighted by Crippen LogP contribution is -2.49. The first-order chi connectivity index (χ1) is 12.0.